The topological polar surface area (TPSA) is 51.2 Å². The van der Waals surface area contributed by atoms with Crippen LogP contribution in [-0.4, -0.2) is 5.78 Å². The molecule has 30 heavy (non-hydrogen) atoms. The zero-order valence-electron chi connectivity index (χ0n) is 17.7. The first kappa shape index (κ1) is 16.7. The van der Waals surface area contributed by atoms with Crippen LogP contribution >= 0.6 is 0 Å². The number of Topliss-reactive ketones (excluding diaryl/α,β-unsaturated/α-hetero) is 1. The van der Waals surface area contributed by atoms with E-state index in [1.165, 1.54) is 16.7 Å². The van der Waals surface area contributed by atoms with Crippen LogP contribution < -0.4 is 16.1 Å². The van der Waals surface area contributed by atoms with Gasteiger partial charge >= 0.3 is 0 Å². The van der Waals surface area contributed by atoms with Crippen LogP contribution in [0.2, 0.25) is 0 Å². The SMILES string of the molecule is CC1=C2CC3=C2c2c(c4c(C)c(=O)c5c6c(c(C)c(=O)c(c4-6)c2=C(C)C3C)C5)C1=O. The molecule has 3 nitrogen and oxygen atoms in total. The quantitative estimate of drug-likeness (QED) is 0.457. The van der Waals surface area contributed by atoms with Crippen LogP contribution in [0.15, 0.2) is 26.3 Å². The molecule has 3 heteroatoms. The van der Waals surface area contributed by atoms with Crippen molar-refractivity contribution in [1.29, 1.82) is 0 Å². The molecule has 0 bridgehead atoms. The fourth-order valence-corrected chi connectivity index (χ4v) is 6.64. The molecule has 7 rings (SSSR count). The highest BCUT2D eigenvalue weighted by molar-refractivity contribution is 6.27. The third-order valence-electron chi connectivity index (χ3n) is 8.54. The van der Waals surface area contributed by atoms with Gasteiger partial charge in [0.1, 0.15) is 0 Å². The maximum Gasteiger partial charge on any atom is 0.190 e. The van der Waals surface area contributed by atoms with Gasteiger partial charge in [0, 0.05) is 56.1 Å². The van der Waals surface area contributed by atoms with Gasteiger partial charge in [0.25, 0.3) is 0 Å². The summed E-state index contributed by atoms with van der Waals surface area (Å²) in [4.78, 5) is 40.5. The predicted octanol–water partition coefficient (Wildman–Crippen LogP) is 3.83. The van der Waals surface area contributed by atoms with Crippen molar-refractivity contribution < 1.29 is 4.79 Å². The lowest BCUT2D eigenvalue weighted by atomic mass is 9.60. The molecule has 6 aliphatic rings. The second kappa shape index (κ2) is 4.64. The van der Waals surface area contributed by atoms with Crippen molar-refractivity contribution in [3.8, 4) is 11.1 Å². The van der Waals surface area contributed by atoms with Gasteiger partial charge in [0.15, 0.2) is 16.6 Å². The lowest BCUT2D eigenvalue weighted by Crippen LogP contribution is -2.39. The third-order valence-corrected chi connectivity index (χ3v) is 8.54. The summed E-state index contributed by atoms with van der Waals surface area (Å²) in [5, 5.41) is 2.44. The van der Waals surface area contributed by atoms with Crippen LogP contribution in [-0.2, 0) is 6.42 Å². The summed E-state index contributed by atoms with van der Waals surface area (Å²) < 4.78 is 0. The Bertz CT molecular complexity index is 1680. The Morgan fingerprint density at radius 2 is 1.47 bits per heavy atom. The Morgan fingerprint density at radius 3 is 2.20 bits per heavy atom. The molecule has 0 radical (unpaired) electrons. The lowest BCUT2D eigenvalue weighted by Gasteiger charge is -2.42. The van der Waals surface area contributed by atoms with Crippen LogP contribution in [0.1, 0.15) is 65.4 Å². The van der Waals surface area contributed by atoms with Crippen molar-refractivity contribution in [2.45, 2.75) is 47.5 Å². The van der Waals surface area contributed by atoms with E-state index in [1.807, 2.05) is 20.8 Å². The van der Waals surface area contributed by atoms with Crippen LogP contribution in [0.3, 0.4) is 0 Å². The van der Waals surface area contributed by atoms with Gasteiger partial charge in [-0.3, -0.25) is 14.4 Å². The Labute approximate surface area is 173 Å². The van der Waals surface area contributed by atoms with Gasteiger partial charge in [-0.25, -0.2) is 0 Å². The molecule has 146 valence electrons. The van der Waals surface area contributed by atoms with E-state index in [4.69, 9.17) is 0 Å². The number of hydrogen-bond donors (Lipinski definition) is 0. The molecule has 0 saturated heterocycles. The molecule has 1 aromatic carbocycles. The van der Waals surface area contributed by atoms with E-state index in [1.54, 1.807) is 0 Å². The van der Waals surface area contributed by atoms with Crippen LogP contribution in [0.4, 0.5) is 0 Å². The first-order chi connectivity index (χ1) is 14.3. The van der Waals surface area contributed by atoms with Gasteiger partial charge in [0.2, 0.25) is 0 Å². The van der Waals surface area contributed by atoms with Crippen LogP contribution in [0.5, 0.6) is 0 Å². The maximum atomic E-state index is 13.7. The molecule has 1 aromatic rings. The van der Waals surface area contributed by atoms with Gasteiger partial charge in [-0.15, -0.1) is 0 Å². The second-order valence-electron chi connectivity index (χ2n) is 9.58. The predicted molar refractivity (Wildman–Crippen MR) is 119 cm³/mol. The minimum absolute atomic E-state index is 0.0278. The maximum absolute atomic E-state index is 13.7. The number of rotatable bonds is 0. The normalized spacial score (nSPS) is 20.9. The van der Waals surface area contributed by atoms with E-state index in [2.05, 4.69) is 13.8 Å². The van der Waals surface area contributed by atoms with Crippen molar-refractivity contribution in [3.05, 3.63) is 75.8 Å². The highest BCUT2D eigenvalue weighted by Gasteiger charge is 2.45. The summed E-state index contributed by atoms with van der Waals surface area (Å²) in [6, 6.07) is 0. The van der Waals surface area contributed by atoms with E-state index >= 15 is 0 Å². The van der Waals surface area contributed by atoms with Crippen molar-refractivity contribution in [2.24, 2.45) is 5.92 Å². The van der Waals surface area contributed by atoms with Gasteiger partial charge in [-0.05, 0) is 67.5 Å². The average Bonchev–Trinajstić information content (AvgIpc) is 2.66. The largest absolute Gasteiger partial charge is 0.289 e. The molecular weight excluding hydrogens is 372 g/mol. The van der Waals surface area contributed by atoms with E-state index in [-0.39, 0.29) is 22.6 Å². The standard InChI is InChI=1S/C27H20O3/c1-8-9(2)17-21-19-13(8)6-14(19)10(3)27(30)24(21)18-12(5)25(28)16-7-15-11(4)26(29)23(17)22(18)20(15)16/h8H,6-7H2,1-5H3. The number of hydrogen-bond acceptors (Lipinski definition) is 3. The first-order valence-corrected chi connectivity index (χ1v) is 10.7. The summed E-state index contributed by atoms with van der Waals surface area (Å²) in [6.45, 7) is 9.97. The van der Waals surface area contributed by atoms with Crippen LogP contribution in [0, 0.1) is 19.8 Å². The molecule has 0 saturated carbocycles. The van der Waals surface area contributed by atoms with Gasteiger partial charge in [0.05, 0.1) is 0 Å². The second-order valence-corrected chi connectivity index (χ2v) is 9.58. The summed E-state index contributed by atoms with van der Waals surface area (Å²) >= 11 is 0. The molecule has 1 unspecified atom stereocenters. The first-order valence-electron chi connectivity index (χ1n) is 10.7. The zero-order chi connectivity index (χ0) is 21.0. The molecule has 0 fully saturated rings. The van der Waals surface area contributed by atoms with Gasteiger partial charge in [-0.2, -0.15) is 0 Å². The van der Waals surface area contributed by atoms with E-state index in [9.17, 15) is 14.4 Å². The zero-order valence-corrected chi connectivity index (χ0v) is 17.7. The molecule has 0 spiro atoms. The molecule has 6 aliphatic carbocycles. The Hall–Kier alpha value is -3.07. The number of fused-ring (bicyclic) bond motifs is 2. The lowest BCUT2D eigenvalue weighted by molar-refractivity contribution is 0.103. The van der Waals surface area contributed by atoms with Crippen molar-refractivity contribution in [3.63, 3.8) is 0 Å². The Balaban J connectivity index is 1.93. The monoisotopic (exact) mass is 392 g/mol. The minimum Gasteiger partial charge on any atom is -0.289 e. The van der Waals surface area contributed by atoms with Crippen LogP contribution in [0.25, 0.3) is 33.0 Å². The summed E-state index contributed by atoms with van der Waals surface area (Å²) in [5.41, 5.74) is 12.4. The molecule has 0 amide bonds. The van der Waals surface area contributed by atoms with Gasteiger partial charge < -0.3 is 0 Å². The number of benzene rings is 3. The molecular formula is C27H20O3. The molecule has 0 aliphatic heterocycles. The fraction of sp³-hybridized carbons (Fsp3) is 0.296. The molecule has 1 atom stereocenters. The Morgan fingerprint density at radius 1 is 0.733 bits per heavy atom. The number of allylic oxidation sites excluding steroid dienone is 4. The number of carbonyl (C=O) groups is 1. The summed E-state index contributed by atoms with van der Waals surface area (Å²) in [7, 11) is 0. The summed E-state index contributed by atoms with van der Waals surface area (Å²) in [6.07, 6.45) is 1.42. The van der Waals surface area contributed by atoms with E-state index in [0.717, 1.165) is 66.9 Å². The molecule has 0 N–H and O–H groups in total. The molecule has 0 heterocycles. The Kier molecular flexibility index (Phi) is 2.58. The van der Waals surface area contributed by atoms with Crippen molar-refractivity contribution in [1.82, 2.24) is 0 Å². The highest BCUT2D eigenvalue weighted by atomic mass is 16.1. The highest BCUT2D eigenvalue weighted by Crippen LogP contribution is 2.56. The third kappa shape index (κ3) is 1.40. The molecule has 0 aromatic heterocycles. The van der Waals surface area contributed by atoms with E-state index in [0.29, 0.717) is 17.5 Å². The van der Waals surface area contributed by atoms with Crippen molar-refractivity contribution >= 4 is 27.7 Å². The number of ketones is 1. The van der Waals surface area contributed by atoms with E-state index < -0.39 is 0 Å². The number of carbonyl (C=O) groups excluding carboxylic acids is 1. The van der Waals surface area contributed by atoms with Gasteiger partial charge in [-0.1, -0.05) is 18.1 Å². The minimum atomic E-state index is 0.0278. The average molecular weight is 392 g/mol. The number of aryl methyl sites for hydroxylation is 1. The fourth-order valence-electron chi connectivity index (χ4n) is 6.64. The summed E-state index contributed by atoms with van der Waals surface area (Å²) in [5.74, 6) is 0.294. The van der Waals surface area contributed by atoms with Crippen molar-refractivity contribution in [2.75, 3.05) is 0 Å². The smallest absolute Gasteiger partial charge is 0.190 e.